The summed E-state index contributed by atoms with van der Waals surface area (Å²) in [6, 6.07) is 14.7. The van der Waals surface area contributed by atoms with Crippen LogP contribution >= 0.6 is 0 Å². The van der Waals surface area contributed by atoms with Crippen molar-refractivity contribution >= 4 is 5.91 Å². The lowest BCUT2D eigenvalue weighted by Crippen LogP contribution is -2.28. The standard InChI is InChI=1S/C24H33NO2/c1-7-21(19-11-14-22(27-6)17(2)16-19)25-23(26)15-10-18-8-12-20(13-9-18)24(3,4)5/h8-9,11-14,16,21H,7,10,15H2,1-6H3,(H,25,26)/t21-/m1/s1. The van der Waals surface area contributed by atoms with Crippen LogP contribution in [0.2, 0.25) is 0 Å². The molecular weight excluding hydrogens is 334 g/mol. The van der Waals surface area contributed by atoms with Gasteiger partial charge in [-0.25, -0.2) is 0 Å². The van der Waals surface area contributed by atoms with Crippen molar-refractivity contribution in [2.24, 2.45) is 0 Å². The highest BCUT2D eigenvalue weighted by atomic mass is 16.5. The van der Waals surface area contributed by atoms with Gasteiger partial charge in [0.25, 0.3) is 0 Å². The van der Waals surface area contributed by atoms with Crippen LogP contribution in [0.15, 0.2) is 42.5 Å². The Morgan fingerprint density at radius 3 is 2.30 bits per heavy atom. The molecular formula is C24H33NO2. The van der Waals surface area contributed by atoms with E-state index in [1.807, 2.05) is 19.1 Å². The molecule has 0 aromatic heterocycles. The molecule has 0 saturated heterocycles. The van der Waals surface area contributed by atoms with Crippen LogP contribution in [0.5, 0.6) is 5.75 Å². The Morgan fingerprint density at radius 2 is 1.78 bits per heavy atom. The second kappa shape index (κ2) is 9.07. The minimum atomic E-state index is 0.0328. The Kier molecular flexibility index (Phi) is 7.06. The third-order valence-electron chi connectivity index (χ3n) is 5.03. The number of carbonyl (C=O) groups excluding carboxylic acids is 1. The molecule has 0 aliphatic carbocycles. The number of hydrogen-bond donors (Lipinski definition) is 1. The van der Waals surface area contributed by atoms with Crippen LogP contribution in [0.4, 0.5) is 0 Å². The molecule has 0 bridgehead atoms. The van der Waals surface area contributed by atoms with Gasteiger partial charge in [-0.3, -0.25) is 4.79 Å². The number of amides is 1. The number of methoxy groups -OCH3 is 1. The molecule has 0 spiro atoms. The number of carbonyl (C=O) groups is 1. The van der Waals surface area contributed by atoms with E-state index in [4.69, 9.17) is 4.74 Å². The topological polar surface area (TPSA) is 38.3 Å². The maximum atomic E-state index is 12.5. The van der Waals surface area contributed by atoms with Crippen LogP contribution in [0.1, 0.15) is 68.8 Å². The van der Waals surface area contributed by atoms with E-state index < -0.39 is 0 Å². The summed E-state index contributed by atoms with van der Waals surface area (Å²) in [5.74, 6) is 0.967. The summed E-state index contributed by atoms with van der Waals surface area (Å²) >= 11 is 0. The van der Waals surface area contributed by atoms with Crippen molar-refractivity contribution in [1.29, 1.82) is 0 Å². The monoisotopic (exact) mass is 367 g/mol. The lowest BCUT2D eigenvalue weighted by molar-refractivity contribution is -0.121. The minimum Gasteiger partial charge on any atom is -0.496 e. The second-order valence-corrected chi connectivity index (χ2v) is 8.20. The minimum absolute atomic E-state index is 0.0328. The van der Waals surface area contributed by atoms with E-state index in [0.717, 1.165) is 29.7 Å². The molecule has 2 aromatic carbocycles. The lowest BCUT2D eigenvalue weighted by atomic mass is 9.86. The van der Waals surface area contributed by atoms with E-state index in [9.17, 15) is 4.79 Å². The van der Waals surface area contributed by atoms with Gasteiger partial charge in [-0.05, 0) is 53.5 Å². The molecule has 27 heavy (non-hydrogen) atoms. The largest absolute Gasteiger partial charge is 0.496 e. The molecule has 0 aliphatic rings. The quantitative estimate of drug-likeness (QED) is 0.701. The fourth-order valence-corrected chi connectivity index (χ4v) is 3.24. The zero-order chi connectivity index (χ0) is 20.0. The second-order valence-electron chi connectivity index (χ2n) is 8.20. The summed E-state index contributed by atoms with van der Waals surface area (Å²) in [5.41, 5.74) is 4.88. The summed E-state index contributed by atoms with van der Waals surface area (Å²) in [6.45, 7) is 10.7. The Labute approximate surface area is 164 Å². The molecule has 0 unspecified atom stereocenters. The predicted octanol–water partition coefficient (Wildman–Crippen LogP) is 5.50. The molecule has 1 atom stereocenters. The first-order valence-electron chi connectivity index (χ1n) is 9.78. The smallest absolute Gasteiger partial charge is 0.220 e. The van der Waals surface area contributed by atoms with E-state index in [1.165, 1.54) is 11.1 Å². The van der Waals surface area contributed by atoms with E-state index in [1.54, 1.807) is 7.11 Å². The Morgan fingerprint density at radius 1 is 1.11 bits per heavy atom. The average Bonchev–Trinajstić information content (AvgIpc) is 2.64. The van der Waals surface area contributed by atoms with E-state index in [2.05, 4.69) is 63.3 Å². The van der Waals surface area contributed by atoms with Gasteiger partial charge < -0.3 is 10.1 Å². The normalized spacial score (nSPS) is 12.5. The summed E-state index contributed by atoms with van der Waals surface area (Å²) in [4.78, 5) is 12.5. The Balaban J connectivity index is 1.94. The summed E-state index contributed by atoms with van der Waals surface area (Å²) in [6.07, 6.45) is 2.12. The lowest BCUT2D eigenvalue weighted by Gasteiger charge is -2.20. The maximum Gasteiger partial charge on any atom is 0.220 e. The van der Waals surface area contributed by atoms with Crippen molar-refractivity contribution in [2.75, 3.05) is 7.11 Å². The van der Waals surface area contributed by atoms with Crippen molar-refractivity contribution in [3.8, 4) is 5.75 Å². The SMILES string of the molecule is CC[C@@H](NC(=O)CCc1ccc(C(C)(C)C)cc1)c1ccc(OC)c(C)c1. The van der Waals surface area contributed by atoms with Gasteiger partial charge in [0.1, 0.15) is 5.75 Å². The number of benzene rings is 2. The van der Waals surface area contributed by atoms with Gasteiger partial charge >= 0.3 is 0 Å². The fourth-order valence-electron chi connectivity index (χ4n) is 3.24. The highest BCUT2D eigenvalue weighted by Gasteiger charge is 2.15. The Hall–Kier alpha value is -2.29. The van der Waals surface area contributed by atoms with Gasteiger partial charge in [0.05, 0.1) is 13.2 Å². The number of ether oxygens (including phenoxy) is 1. The van der Waals surface area contributed by atoms with E-state index in [-0.39, 0.29) is 17.4 Å². The summed E-state index contributed by atoms with van der Waals surface area (Å²) in [5, 5.41) is 3.17. The molecule has 0 aliphatic heterocycles. The van der Waals surface area contributed by atoms with Gasteiger partial charge in [0, 0.05) is 6.42 Å². The average molecular weight is 368 g/mol. The third kappa shape index (κ3) is 5.85. The first-order chi connectivity index (χ1) is 12.7. The fraction of sp³-hybridized carbons (Fsp3) is 0.458. The molecule has 3 nitrogen and oxygen atoms in total. The Bertz CT molecular complexity index is 757. The first-order valence-corrected chi connectivity index (χ1v) is 9.78. The van der Waals surface area contributed by atoms with Crippen molar-refractivity contribution in [3.05, 3.63) is 64.7 Å². The first kappa shape index (κ1) is 21.0. The number of rotatable bonds is 7. The number of hydrogen-bond acceptors (Lipinski definition) is 2. The van der Waals surface area contributed by atoms with Crippen LogP contribution in [0, 0.1) is 6.92 Å². The highest BCUT2D eigenvalue weighted by molar-refractivity contribution is 5.76. The predicted molar refractivity (Wildman–Crippen MR) is 112 cm³/mol. The molecule has 1 N–H and O–H groups in total. The van der Waals surface area contributed by atoms with Crippen molar-refractivity contribution < 1.29 is 9.53 Å². The number of aryl methyl sites for hydroxylation is 2. The van der Waals surface area contributed by atoms with Gasteiger partial charge in [-0.1, -0.05) is 64.1 Å². The van der Waals surface area contributed by atoms with Crippen LogP contribution < -0.4 is 10.1 Å². The van der Waals surface area contributed by atoms with Crippen LogP contribution in [-0.2, 0) is 16.6 Å². The maximum absolute atomic E-state index is 12.5. The van der Waals surface area contributed by atoms with Crippen molar-refractivity contribution in [2.45, 2.75) is 65.3 Å². The third-order valence-corrected chi connectivity index (χ3v) is 5.03. The molecule has 146 valence electrons. The van der Waals surface area contributed by atoms with Crippen molar-refractivity contribution in [3.63, 3.8) is 0 Å². The molecule has 0 saturated carbocycles. The van der Waals surface area contributed by atoms with Gasteiger partial charge in [-0.2, -0.15) is 0 Å². The molecule has 2 aromatic rings. The van der Waals surface area contributed by atoms with Crippen LogP contribution in [-0.4, -0.2) is 13.0 Å². The molecule has 0 fully saturated rings. The number of nitrogens with one attached hydrogen (secondary N) is 1. The van der Waals surface area contributed by atoms with Gasteiger partial charge in [-0.15, -0.1) is 0 Å². The van der Waals surface area contributed by atoms with Crippen molar-refractivity contribution in [1.82, 2.24) is 5.32 Å². The van der Waals surface area contributed by atoms with E-state index >= 15 is 0 Å². The summed E-state index contributed by atoms with van der Waals surface area (Å²) < 4.78 is 5.32. The molecule has 1 amide bonds. The molecule has 2 rings (SSSR count). The molecule has 0 radical (unpaired) electrons. The zero-order valence-corrected chi connectivity index (χ0v) is 17.6. The highest BCUT2D eigenvalue weighted by Crippen LogP contribution is 2.25. The van der Waals surface area contributed by atoms with Crippen LogP contribution in [0.3, 0.4) is 0 Å². The molecule has 0 heterocycles. The van der Waals surface area contributed by atoms with E-state index in [0.29, 0.717) is 6.42 Å². The van der Waals surface area contributed by atoms with Crippen LogP contribution in [0.25, 0.3) is 0 Å². The van der Waals surface area contributed by atoms with Gasteiger partial charge in [0.2, 0.25) is 5.91 Å². The van der Waals surface area contributed by atoms with Gasteiger partial charge in [0.15, 0.2) is 0 Å². The molecule has 3 heteroatoms. The summed E-state index contributed by atoms with van der Waals surface area (Å²) in [7, 11) is 1.68. The zero-order valence-electron chi connectivity index (χ0n) is 17.6.